The Balaban J connectivity index is 1.73. The van der Waals surface area contributed by atoms with Crippen LogP contribution in [-0.2, 0) is 4.79 Å². The van der Waals surface area contributed by atoms with Crippen molar-refractivity contribution in [2.45, 2.75) is 19.4 Å². The van der Waals surface area contributed by atoms with Gasteiger partial charge < -0.3 is 20.6 Å². The number of halogens is 1. The fourth-order valence-electron chi connectivity index (χ4n) is 2.44. The van der Waals surface area contributed by atoms with Crippen molar-refractivity contribution >= 4 is 28.3 Å². The first kappa shape index (κ1) is 15.8. The van der Waals surface area contributed by atoms with Gasteiger partial charge in [-0.05, 0) is 48.9 Å². The van der Waals surface area contributed by atoms with Gasteiger partial charge in [-0.3, -0.25) is 4.79 Å². The van der Waals surface area contributed by atoms with Crippen LogP contribution in [0.25, 0.3) is 11.0 Å². The van der Waals surface area contributed by atoms with Gasteiger partial charge in [0.2, 0.25) is 5.91 Å². The number of carbonyl (C=O) groups is 1. The Morgan fingerprint density at radius 1 is 1.08 bits per heavy atom. The number of H-pyrrole nitrogens is 2. The van der Waals surface area contributed by atoms with Crippen molar-refractivity contribution in [3.05, 3.63) is 58.8 Å². The molecule has 124 valence electrons. The van der Waals surface area contributed by atoms with Gasteiger partial charge in [0.05, 0.1) is 11.0 Å². The smallest absolute Gasteiger partial charge is 0.323 e. The molecule has 0 aliphatic rings. The third-order valence-electron chi connectivity index (χ3n) is 3.69. The van der Waals surface area contributed by atoms with E-state index in [4.69, 9.17) is 0 Å². The van der Waals surface area contributed by atoms with Crippen LogP contribution in [0.3, 0.4) is 0 Å². The van der Waals surface area contributed by atoms with Gasteiger partial charge in [-0.25, -0.2) is 9.18 Å². The SMILES string of the molecule is CCC(Nc1ccc2[nH]c(=O)[nH]c2c1)C(=O)Nc1ccc(F)cc1. The number of anilines is 2. The highest BCUT2D eigenvalue weighted by Gasteiger charge is 2.16. The number of fused-ring (bicyclic) bond motifs is 1. The van der Waals surface area contributed by atoms with Crippen LogP contribution >= 0.6 is 0 Å². The summed E-state index contributed by atoms with van der Waals surface area (Å²) in [5.74, 6) is -0.571. The van der Waals surface area contributed by atoms with Gasteiger partial charge in [-0.1, -0.05) is 6.92 Å². The molecule has 7 heteroatoms. The predicted molar refractivity (Wildman–Crippen MR) is 91.7 cm³/mol. The molecule has 0 bridgehead atoms. The lowest BCUT2D eigenvalue weighted by Gasteiger charge is -2.18. The van der Waals surface area contributed by atoms with Crippen LogP contribution in [0.15, 0.2) is 47.3 Å². The van der Waals surface area contributed by atoms with Gasteiger partial charge in [0.1, 0.15) is 11.9 Å². The fourth-order valence-corrected chi connectivity index (χ4v) is 2.44. The Morgan fingerprint density at radius 2 is 1.75 bits per heavy atom. The number of aromatic amines is 2. The van der Waals surface area contributed by atoms with E-state index in [0.29, 0.717) is 23.1 Å². The molecule has 4 N–H and O–H groups in total. The minimum atomic E-state index is -0.460. The first-order valence-corrected chi connectivity index (χ1v) is 7.60. The number of amides is 1. The number of imidazole rings is 1. The molecule has 0 aliphatic carbocycles. The quantitative estimate of drug-likeness (QED) is 0.580. The second-order valence-electron chi connectivity index (χ2n) is 5.44. The van der Waals surface area contributed by atoms with Crippen LogP contribution in [-0.4, -0.2) is 21.9 Å². The van der Waals surface area contributed by atoms with Crippen molar-refractivity contribution in [2.75, 3.05) is 10.6 Å². The topological polar surface area (TPSA) is 89.8 Å². The normalized spacial score (nSPS) is 12.1. The number of hydrogen-bond acceptors (Lipinski definition) is 3. The van der Waals surface area contributed by atoms with Gasteiger partial charge in [0.15, 0.2) is 0 Å². The Hall–Kier alpha value is -3.09. The number of aromatic nitrogens is 2. The molecule has 1 amide bonds. The molecule has 3 aromatic rings. The number of hydrogen-bond donors (Lipinski definition) is 4. The first-order chi connectivity index (χ1) is 11.5. The van der Waals surface area contributed by atoms with Crippen molar-refractivity contribution in [3.63, 3.8) is 0 Å². The second kappa shape index (κ2) is 6.57. The molecule has 0 fully saturated rings. The largest absolute Gasteiger partial charge is 0.374 e. The van der Waals surface area contributed by atoms with Crippen molar-refractivity contribution in [1.82, 2.24) is 9.97 Å². The molecule has 2 aromatic carbocycles. The molecule has 0 saturated carbocycles. The minimum absolute atomic E-state index is 0.216. The van der Waals surface area contributed by atoms with Crippen molar-refractivity contribution in [2.24, 2.45) is 0 Å². The van der Waals surface area contributed by atoms with Crippen LogP contribution in [0.1, 0.15) is 13.3 Å². The Morgan fingerprint density at radius 3 is 2.46 bits per heavy atom. The summed E-state index contributed by atoms with van der Waals surface area (Å²) in [4.78, 5) is 29.0. The van der Waals surface area contributed by atoms with E-state index in [1.165, 1.54) is 24.3 Å². The Kier molecular flexibility index (Phi) is 4.33. The maximum Gasteiger partial charge on any atom is 0.323 e. The Labute approximate surface area is 137 Å². The maximum absolute atomic E-state index is 12.9. The highest BCUT2D eigenvalue weighted by Crippen LogP contribution is 2.17. The predicted octanol–water partition coefficient (Wildman–Crippen LogP) is 2.82. The zero-order valence-electron chi connectivity index (χ0n) is 13.0. The van der Waals surface area contributed by atoms with E-state index in [1.54, 1.807) is 18.2 Å². The van der Waals surface area contributed by atoms with Crippen LogP contribution in [0, 0.1) is 5.82 Å². The molecule has 6 nitrogen and oxygen atoms in total. The molecule has 0 saturated heterocycles. The molecule has 0 aliphatic heterocycles. The molecule has 24 heavy (non-hydrogen) atoms. The van der Waals surface area contributed by atoms with Gasteiger partial charge in [0.25, 0.3) is 0 Å². The van der Waals surface area contributed by atoms with E-state index in [-0.39, 0.29) is 17.4 Å². The number of nitrogens with one attached hydrogen (secondary N) is 4. The molecule has 1 unspecified atom stereocenters. The Bertz CT molecular complexity index is 914. The second-order valence-corrected chi connectivity index (χ2v) is 5.44. The number of rotatable bonds is 5. The van der Waals surface area contributed by atoms with Crippen LogP contribution < -0.4 is 16.3 Å². The molecule has 1 heterocycles. The van der Waals surface area contributed by atoms with Gasteiger partial charge >= 0.3 is 5.69 Å². The van der Waals surface area contributed by atoms with E-state index in [0.717, 1.165) is 5.69 Å². The van der Waals surface area contributed by atoms with E-state index in [2.05, 4.69) is 20.6 Å². The third-order valence-corrected chi connectivity index (χ3v) is 3.69. The van der Waals surface area contributed by atoms with Crippen LogP contribution in [0.2, 0.25) is 0 Å². The summed E-state index contributed by atoms with van der Waals surface area (Å²) in [5.41, 5.74) is 2.35. The molecule has 3 rings (SSSR count). The van der Waals surface area contributed by atoms with Crippen LogP contribution in [0.5, 0.6) is 0 Å². The van der Waals surface area contributed by atoms with Crippen molar-refractivity contribution in [1.29, 1.82) is 0 Å². The standard InChI is InChI=1S/C17H17FN4O2/c1-2-13(16(23)20-11-5-3-10(18)4-6-11)19-12-7-8-14-15(9-12)22-17(24)21-14/h3-9,13,19H,2H2,1H3,(H,20,23)(H2,21,22,24). The number of benzene rings is 2. The van der Waals surface area contributed by atoms with Gasteiger partial charge in [-0.15, -0.1) is 0 Å². The summed E-state index contributed by atoms with van der Waals surface area (Å²) in [5, 5.41) is 5.89. The molecule has 1 atom stereocenters. The molecule has 0 radical (unpaired) electrons. The summed E-state index contributed by atoms with van der Waals surface area (Å²) in [7, 11) is 0. The highest BCUT2D eigenvalue weighted by molar-refractivity contribution is 5.96. The molecular weight excluding hydrogens is 311 g/mol. The average Bonchev–Trinajstić information content (AvgIpc) is 2.94. The summed E-state index contributed by atoms with van der Waals surface area (Å²) < 4.78 is 12.9. The van der Waals surface area contributed by atoms with E-state index in [1.807, 2.05) is 6.92 Å². The van der Waals surface area contributed by atoms with Crippen molar-refractivity contribution < 1.29 is 9.18 Å². The van der Waals surface area contributed by atoms with E-state index in [9.17, 15) is 14.0 Å². The lowest BCUT2D eigenvalue weighted by atomic mass is 10.1. The van der Waals surface area contributed by atoms with Crippen LogP contribution in [0.4, 0.5) is 15.8 Å². The first-order valence-electron chi connectivity index (χ1n) is 7.60. The van der Waals surface area contributed by atoms with E-state index >= 15 is 0 Å². The zero-order chi connectivity index (χ0) is 17.1. The minimum Gasteiger partial charge on any atom is -0.374 e. The third kappa shape index (κ3) is 3.45. The zero-order valence-corrected chi connectivity index (χ0v) is 13.0. The summed E-state index contributed by atoms with van der Waals surface area (Å²) in [6.07, 6.45) is 0.564. The lowest BCUT2D eigenvalue weighted by Crippen LogP contribution is -2.34. The van der Waals surface area contributed by atoms with Gasteiger partial charge in [0, 0.05) is 11.4 Å². The van der Waals surface area contributed by atoms with Crippen molar-refractivity contribution in [3.8, 4) is 0 Å². The summed E-state index contributed by atoms with van der Waals surface area (Å²) in [6, 6.07) is 10.5. The van der Waals surface area contributed by atoms with E-state index < -0.39 is 6.04 Å². The molecular formula is C17H17FN4O2. The summed E-state index contributed by atoms with van der Waals surface area (Å²) in [6.45, 7) is 1.89. The fraction of sp³-hybridized carbons (Fsp3) is 0.176. The number of carbonyl (C=O) groups excluding carboxylic acids is 1. The maximum atomic E-state index is 12.9. The monoisotopic (exact) mass is 328 g/mol. The summed E-state index contributed by atoms with van der Waals surface area (Å²) >= 11 is 0. The average molecular weight is 328 g/mol. The van der Waals surface area contributed by atoms with Gasteiger partial charge in [-0.2, -0.15) is 0 Å². The lowest BCUT2D eigenvalue weighted by molar-refractivity contribution is -0.116. The molecule has 1 aromatic heterocycles. The highest BCUT2D eigenvalue weighted by atomic mass is 19.1. The molecule has 0 spiro atoms.